The van der Waals surface area contributed by atoms with Crippen LogP contribution in [-0.2, 0) is 11.2 Å². The van der Waals surface area contributed by atoms with Gasteiger partial charge in [0, 0.05) is 27.2 Å². The van der Waals surface area contributed by atoms with Crippen LogP contribution in [0.4, 0.5) is 5.69 Å². The summed E-state index contributed by atoms with van der Waals surface area (Å²) >= 11 is 0. The quantitative estimate of drug-likeness (QED) is 0.414. The minimum Gasteiger partial charge on any atom is -0.497 e. The average Bonchev–Trinajstić information content (AvgIpc) is 2.92. The summed E-state index contributed by atoms with van der Waals surface area (Å²) in [5, 5.41) is 13.4. The van der Waals surface area contributed by atoms with Gasteiger partial charge in [0.15, 0.2) is 0 Å². The second-order valence-corrected chi connectivity index (χ2v) is 5.89. The maximum Gasteiger partial charge on any atom is 0.307 e. The van der Waals surface area contributed by atoms with Crippen molar-refractivity contribution in [1.29, 1.82) is 0 Å². The van der Waals surface area contributed by atoms with Crippen molar-refractivity contribution < 1.29 is 19.4 Å². The fourth-order valence-corrected chi connectivity index (χ4v) is 3.08. The molecule has 0 radical (unpaired) electrons. The van der Waals surface area contributed by atoms with E-state index in [4.69, 9.17) is 10.3 Å². The third-order valence-electron chi connectivity index (χ3n) is 4.35. The highest BCUT2D eigenvalue weighted by molar-refractivity contribution is 6.05. The van der Waals surface area contributed by atoms with Gasteiger partial charge in [0.25, 0.3) is 5.91 Å². The van der Waals surface area contributed by atoms with E-state index in [0.717, 1.165) is 0 Å². The van der Waals surface area contributed by atoms with Gasteiger partial charge in [-0.05, 0) is 48.4 Å². The summed E-state index contributed by atoms with van der Waals surface area (Å²) in [6.45, 7) is 1.72. The van der Waals surface area contributed by atoms with Gasteiger partial charge >= 0.3 is 5.97 Å². The zero-order chi connectivity index (χ0) is 19.6. The number of carbonyl (C=O) groups is 2. The summed E-state index contributed by atoms with van der Waals surface area (Å²) in [4.78, 5) is 27.1. The number of nitrogens with zero attached hydrogens (tertiary/aromatic N) is 4. The first kappa shape index (κ1) is 18.0. The van der Waals surface area contributed by atoms with E-state index in [1.54, 1.807) is 49.4 Å². The highest BCUT2D eigenvalue weighted by Crippen LogP contribution is 2.30. The molecule has 0 saturated heterocycles. The second kappa shape index (κ2) is 7.23. The van der Waals surface area contributed by atoms with Crippen molar-refractivity contribution in [1.82, 2.24) is 4.57 Å². The Kier molecular flexibility index (Phi) is 4.83. The monoisotopic (exact) mass is 364 g/mol. The predicted molar refractivity (Wildman–Crippen MR) is 99.5 cm³/mol. The molecule has 0 saturated carbocycles. The molecule has 3 rings (SSSR count). The van der Waals surface area contributed by atoms with Crippen LogP contribution in [0.1, 0.15) is 21.6 Å². The molecule has 0 aliphatic rings. The van der Waals surface area contributed by atoms with Crippen LogP contribution >= 0.6 is 0 Å². The van der Waals surface area contributed by atoms with Crippen LogP contribution < -0.4 is 4.74 Å². The molecule has 3 aromatic rings. The van der Waals surface area contributed by atoms with Gasteiger partial charge in [-0.25, -0.2) is 0 Å². The number of hydrogen-bond acceptors (Lipinski definition) is 4. The van der Waals surface area contributed by atoms with Crippen molar-refractivity contribution in [2.75, 3.05) is 7.11 Å². The summed E-state index contributed by atoms with van der Waals surface area (Å²) in [5.74, 6) is -0.699. The van der Waals surface area contributed by atoms with Gasteiger partial charge in [-0.15, -0.1) is 0 Å². The first-order valence-corrected chi connectivity index (χ1v) is 8.06. The van der Waals surface area contributed by atoms with Crippen LogP contribution in [0, 0.1) is 6.92 Å². The van der Waals surface area contributed by atoms with E-state index in [1.807, 2.05) is 0 Å². The Balaban J connectivity index is 2.17. The van der Waals surface area contributed by atoms with Crippen LogP contribution in [0.2, 0.25) is 0 Å². The Morgan fingerprint density at radius 2 is 1.93 bits per heavy atom. The number of carbonyl (C=O) groups excluding carboxylic acids is 1. The lowest BCUT2D eigenvalue weighted by molar-refractivity contribution is -0.136. The van der Waals surface area contributed by atoms with Crippen LogP contribution in [-0.4, -0.2) is 28.7 Å². The largest absolute Gasteiger partial charge is 0.497 e. The van der Waals surface area contributed by atoms with E-state index in [1.165, 1.54) is 11.7 Å². The number of benzene rings is 2. The van der Waals surface area contributed by atoms with Crippen LogP contribution in [0.3, 0.4) is 0 Å². The van der Waals surface area contributed by atoms with E-state index in [-0.39, 0.29) is 12.3 Å². The smallest absolute Gasteiger partial charge is 0.307 e. The molecule has 136 valence electrons. The highest BCUT2D eigenvalue weighted by atomic mass is 16.5. The maximum absolute atomic E-state index is 13.1. The molecule has 0 fully saturated rings. The Labute approximate surface area is 154 Å². The van der Waals surface area contributed by atoms with Crippen LogP contribution in [0.5, 0.6) is 5.75 Å². The Hall–Kier alpha value is -3.77. The number of aliphatic carboxylic acids is 1. The molecule has 1 aromatic heterocycles. The third kappa shape index (κ3) is 3.33. The van der Waals surface area contributed by atoms with Crippen molar-refractivity contribution in [3.63, 3.8) is 0 Å². The summed E-state index contributed by atoms with van der Waals surface area (Å²) in [6.07, 6.45) is -0.203. The molecule has 1 N–H and O–H groups in total. The highest BCUT2D eigenvalue weighted by Gasteiger charge is 2.21. The average molecular weight is 364 g/mol. The van der Waals surface area contributed by atoms with Crippen molar-refractivity contribution in [3.8, 4) is 5.75 Å². The van der Waals surface area contributed by atoms with E-state index in [0.29, 0.717) is 39.2 Å². The number of rotatable bonds is 5. The SMILES string of the molecule is COc1ccc2c(c1)c(CC(=O)O)c(C)n2C(=O)c1ccc(N=[N+]=[N-])cc1. The number of azide groups is 1. The zero-order valence-corrected chi connectivity index (χ0v) is 14.7. The number of carboxylic acids is 1. The molecule has 0 bridgehead atoms. The fourth-order valence-electron chi connectivity index (χ4n) is 3.08. The van der Waals surface area contributed by atoms with Gasteiger partial charge in [0.1, 0.15) is 5.75 Å². The normalized spacial score (nSPS) is 10.4. The maximum atomic E-state index is 13.1. The number of methoxy groups -OCH3 is 1. The van der Waals surface area contributed by atoms with Gasteiger partial charge in [-0.2, -0.15) is 0 Å². The molecule has 0 amide bonds. The molecule has 0 unspecified atom stereocenters. The standard InChI is InChI=1S/C19H16N4O4/c1-11-15(10-18(24)25)16-9-14(27-2)7-8-17(16)23(11)19(26)12-3-5-13(6-4-12)21-22-20/h3-9H,10H2,1-2H3,(H,24,25). The predicted octanol–water partition coefficient (Wildman–Crippen LogP) is 4.22. The van der Waals surface area contributed by atoms with Crippen LogP contribution in [0.25, 0.3) is 21.3 Å². The number of aromatic nitrogens is 1. The van der Waals surface area contributed by atoms with Crippen molar-refractivity contribution in [3.05, 3.63) is 69.7 Å². The van der Waals surface area contributed by atoms with Gasteiger partial charge in [0.2, 0.25) is 0 Å². The van der Waals surface area contributed by atoms with Crippen molar-refractivity contribution >= 4 is 28.5 Å². The van der Waals surface area contributed by atoms with Gasteiger partial charge in [-0.1, -0.05) is 17.2 Å². The van der Waals surface area contributed by atoms with Gasteiger partial charge in [-0.3, -0.25) is 14.2 Å². The number of carboxylic acid groups (broad SMARTS) is 1. The molecule has 0 atom stereocenters. The molecular weight excluding hydrogens is 348 g/mol. The molecule has 1 heterocycles. The topological polar surface area (TPSA) is 117 Å². The molecular formula is C19H16N4O4. The van der Waals surface area contributed by atoms with E-state index in [2.05, 4.69) is 10.0 Å². The molecule has 2 aromatic carbocycles. The summed E-state index contributed by atoms with van der Waals surface area (Å²) < 4.78 is 6.73. The number of hydrogen-bond donors (Lipinski definition) is 1. The first-order chi connectivity index (χ1) is 13.0. The lowest BCUT2D eigenvalue weighted by Gasteiger charge is -2.08. The molecule has 0 aliphatic heterocycles. The van der Waals surface area contributed by atoms with E-state index in [9.17, 15) is 14.7 Å². The van der Waals surface area contributed by atoms with Crippen LogP contribution in [0.15, 0.2) is 47.6 Å². The summed E-state index contributed by atoms with van der Waals surface area (Å²) in [6, 6.07) is 11.4. The Morgan fingerprint density at radius 3 is 2.52 bits per heavy atom. The lowest BCUT2D eigenvalue weighted by Crippen LogP contribution is -2.14. The zero-order valence-electron chi connectivity index (χ0n) is 14.7. The molecule has 27 heavy (non-hydrogen) atoms. The number of ether oxygens (including phenoxy) is 1. The van der Waals surface area contributed by atoms with Gasteiger partial charge < -0.3 is 9.84 Å². The Bertz CT molecular complexity index is 1090. The molecule has 0 aliphatic carbocycles. The van der Waals surface area contributed by atoms with Gasteiger partial charge in [0.05, 0.1) is 19.0 Å². The summed E-state index contributed by atoms with van der Waals surface area (Å²) in [7, 11) is 1.53. The minimum absolute atomic E-state index is 0.203. The molecule has 0 spiro atoms. The lowest BCUT2D eigenvalue weighted by atomic mass is 10.1. The Morgan fingerprint density at radius 1 is 1.22 bits per heavy atom. The van der Waals surface area contributed by atoms with Crippen molar-refractivity contribution in [2.24, 2.45) is 5.11 Å². The molecule has 8 nitrogen and oxygen atoms in total. The number of fused-ring (bicyclic) bond motifs is 1. The van der Waals surface area contributed by atoms with Crippen molar-refractivity contribution in [2.45, 2.75) is 13.3 Å². The molecule has 8 heteroatoms. The third-order valence-corrected chi connectivity index (χ3v) is 4.35. The fraction of sp³-hybridized carbons (Fsp3) is 0.158. The second-order valence-electron chi connectivity index (χ2n) is 5.89. The first-order valence-electron chi connectivity index (χ1n) is 8.06. The summed E-state index contributed by atoms with van der Waals surface area (Å²) in [5.41, 5.74) is 11.0. The minimum atomic E-state index is -0.980. The van der Waals surface area contributed by atoms with E-state index < -0.39 is 5.97 Å². The van der Waals surface area contributed by atoms with E-state index >= 15 is 0 Å².